The molecule has 0 saturated carbocycles. The van der Waals surface area contributed by atoms with Gasteiger partial charge in [0.05, 0.1) is 4.92 Å². The molecule has 0 spiro atoms. The molecule has 0 unspecified atom stereocenters. The molecule has 30 heavy (non-hydrogen) atoms. The second-order valence-corrected chi connectivity index (χ2v) is 6.10. The first-order valence-electron chi connectivity index (χ1n) is 8.23. The van der Waals surface area contributed by atoms with Crippen molar-refractivity contribution in [1.82, 2.24) is 14.8 Å². The standard InChI is InChI=1S/C16H13F4N5O5/c17-13(18)10-7-16(27,15(19)20)24(22-10)14(26)9-5-6-23(21-9)8-30-12-4-2-1-3-11(12)25(28)29/h1-6,13,15,27H,7-8H2/t16-/m0/s1. The number of benzene rings is 1. The summed E-state index contributed by atoms with van der Waals surface area (Å²) in [6, 6.07) is 6.54. The first-order chi connectivity index (χ1) is 14.1. The molecule has 0 saturated heterocycles. The summed E-state index contributed by atoms with van der Waals surface area (Å²) in [5.41, 5.74) is -5.09. The lowest BCUT2D eigenvalue weighted by atomic mass is 10.1. The van der Waals surface area contributed by atoms with Crippen LogP contribution in [0.5, 0.6) is 5.75 Å². The lowest BCUT2D eigenvalue weighted by Crippen LogP contribution is -2.51. The second-order valence-electron chi connectivity index (χ2n) is 6.10. The lowest BCUT2D eigenvalue weighted by Gasteiger charge is -2.29. The number of aromatic nitrogens is 2. The van der Waals surface area contributed by atoms with Crippen LogP contribution in [0.4, 0.5) is 23.2 Å². The van der Waals surface area contributed by atoms with E-state index >= 15 is 0 Å². The Bertz CT molecular complexity index is 998. The predicted octanol–water partition coefficient (Wildman–Crippen LogP) is 2.25. The van der Waals surface area contributed by atoms with E-state index in [1.807, 2.05) is 0 Å². The quantitative estimate of drug-likeness (QED) is 0.408. The topological polar surface area (TPSA) is 123 Å². The molecule has 0 aliphatic carbocycles. The van der Waals surface area contributed by atoms with Crippen molar-refractivity contribution in [1.29, 1.82) is 0 Å². The van der Waals surface area contributed by atoms with E-state index in [0.29, 0.717) is 0 Å². The Morgan fingerprint density at radius 2 is 2.00 bits per heavy atom. The molecule has 2 aromatic rings. The summed E-state index contributed by atoms with van der Waals surface area (Å²) >= 11 is 0. The summed E-state index contributed by atoms with van der Waals surface area (Å²) in [4.78, 5) is 22.7. The molecule has 0 fully saturated rings. The number of nitro benzene ring substituents is 1. The van der Waals surface area contributed by atoms with Crippen LogP contribution in [0.15, 0.2) is 41.6 Å². The van der Waals surface area contributed by atoms with Gasteiger partial charge in [-0.3, -0.25) is 14.9 Å². The number of hydrogen-bond acceptors (Lipinski definition) is 7. The number of hydrazone groups is 1. The number of nitrogens with zero attached hydrogens (tertiary/aromatic N) is 5. The Hall–Kier alpha value is -3.55. The molecule has 2 heterocycles. The third-order valence-electron chi connectivity index (χ3n) is 4.10. The van der Waals surface area contributed by atoms with Gasteiger partial charge >= 0.3 is 5.69 Å². The minimum atomic E-state index is -3.56. The zero-order valence-corrected chi connectivity index (χ0v) is 14.9. The van der Waals surface area contributed by atoms with Crippen molar-refractivity contribution in [3.63, 3.8) is 0 Å². The van der Waals surface area contributed by atoms with Gasteiger partial charge in [0.1, 0.15) is 5.71 Å². The van der Waals surface area contributed by atoms with Crippen molar-refractivity contribution in [2.24, 2.45) is 5.10 Å². The highest BCUT2D eigenvalue weighted by atomic mass is 19.3. The average Bonchev–Trinajstić information content (AvgIpc) is 3.31. The third kappa shape index (κ3) is 3.94. The van der Waals surface area contributed by atoms with Crippen molar-refractivity contribution < 1.29 is 37.1 Å². The molecule has 1 amide bonds. The molecule has 1 aliphatic heterocycles. The van der Waals surface area contributed by atoms with Crippen molar-refractivity contribution in [3.05, 3.63) is 52.3 Å². The van der Waals surface area contributed by atoms with Gasteiger partial charge < -0.3 is 9.84 Å². The molecule has 1 aromatic carbocycles. The van der Waals surface area contributed by atoms with Gasteiger partial charge in [0, 0.05) is 18.7 Å². The Balaban J connectivity index is 1.77. The van der Waals surface area contributed by atoms with Crippen LogP contribution in [0.2, 0.25) is 0 Å². The van der Waals surface area contributed by atoms with Crippen LogP contribution in [-0.4, -0.2) is 55.0 Å². The molecule has 0 radical (unpaired) electrons. The maximum Gasteiger partial charge on any atom is 0.311 e. The van der Waals surface area contributed by atoms with Gasteiger partial charge in [-0.25, -0.2) is 22.2 Å². The molecular formula is C16H13F4N5O5. The van der Waals surface area contributed by atoms with Crippen molar-refractivity contribution in [2.75, 3.05) is 0 Å². The molecular weight excluding hydrogens is 418 g/mol. The smallest absolute Gasteiger partial charge is 0.311 e. The molecule has 10 nitrogen and oxygen atoms in total. The van der Waals surface area contributed by atoms with E-state index in [-0.39, 0.29) is 23.2 Å². The molecule has 0 bridgehead atoms. The minimum Gasteiger partial charge on any atom is -0.464 e. The largest absolute Gasteiger partial charge is 0.464 e. The highest BCUT2D eigenvalue weighted by Crippen LogP contribution is 2.34. The fourth-order valence-electron chi connectivity index (χ4n) is 2.63. The van der Waals surface area contributed by atoms with Crippen LogP contribution in [0.3, 0.4) is 0 Å². The maximum atomic E-state index is 13.2. The number of carbonyl (C=O) groups excluding carboxylic acids is 1. The van der Waals surface area contributed by atoms with Gasteiger partial charge in [0.2, 0.25) is 5.72 Å². The number of hydrogen-bond donors (Lipinski definition) is 1. The Kier molecular flexibility index (Phi) is 5.69. The van der Waals surface area contributed by atoms with E-state index in [1.54, 1.807) is 0 Å². The summed E-state index contributed by atoms with van der Waals surface area (Å²) < 4.78 is 58.4. The van der Waals surface area contributed by atoms with E-state index in [4.69, 9.17) is 4.74 Å². The monoisotopic (exact) mass is 431 g/mol. The lowest BCUT2D eigenvalue weighted by molar-refractivity contribution is -0.386. The number of carbonyl (C=O) groups is 1. The molecule has 1 atom stereocenters. The molecule has 1 aromatic heterocycles. The number of nitro groups is 1. The summed E-state index contributed by atoms with van der Waals surface area (Å²) in [6.45, 7) is -0.386. The number of ether oxygens (including phenoxy) is 1. The van der Waals surface area contributed by atoms with Gasteiger partial charge in [-0.15, -0.1) is 0 Å². The fraction of sp³-hybridized carbons (Fsp3) is 0.312. The Labute approximate surface area is 165 Å². The van der Waals surface area contributed by atoms with E-state index in [2.05, 4.69) is 10.2 Å². The molecule has 3 rings (SSSR count). The summed E-state index contributed by atoms with van der Waals surface area (Å²) in [6.07, 6.45) is -6.82. The molecule has 1 aliphatic rings. The van der Waals surface area contributed by atoms with Crippen LogP contribution in [0, 0.1) is 10.1 Å². The van der Waals surface area contributed by atoms with Gasteiger partial charge in [-0.1, -0.05) is 12.1 Å². The Morgan fingerprint density at radius 3 is 2.63 bits per heavy atom. The van der Waals surface area contributed by atoms with Gasteiger partial charge in [-0.05, 0) is 12.1 Å². The molecule has 160 valence electrons. The first kappa shape index (κ1) is 21.2. The average molecular weight is 431 g/mol. The first-order valence-corrected chi connectivity index (χ1v) is 8.23. The SMILES string of the molecule is O=C(c1ccn(COc2ccccc2[N+](=O)[O-])n1)N1N=C(C(F)F)C[C@]1(O)C(F)F. The summed E-state index contributed by atoms with van der Waals surface area (Å²) in [5, 5.41) is 27.7. The van der Waals surface area contributed by atoms with Crippen LogP contribution < -0.4 is 4.74 Å². The van der Waals surface area contributed by atoms with E-state index < -0.39 is 47.2 Å². The number of alkyl halides is 4. The maximum absolute atomic E-state index is 13.2. The second kappa shape index (κ2) is 8.06. The third-order valence-corrected chi connectivity index (χ3v) is 4.10. The minimum absolute atomic E-state index is 0.0799. The van der Waals surface area contributed by atoms with E-state index in [9.17, 15) is 37.6 Å². The predicted molar refractivity (Wildman–Crippen MR) is 91.1 cm³/mol. The normalized spacial score (nSPS) is 18.8. The van der Waals surface area contributed by atoms with Gasteiger partial charge in [0.15, 0.2) is 18.2 Å². The van der Waals surface area contributed by atoms with E-state index in [0.717, 1.165) is 10.7 Å². The summed E-state index contributed by atoms with van der Waals surface area (Å²) in [5.74, 6) is -1.42. The van der Waals surface area contributed by atoms with Crippen LogP contribution >= 0.6 is 0 Å². The highest BCUT2D eigenvalue weighted by Gasteiger charge is 2.53. The van der Waals surface area contributed by atoms with Crippen molar-refractivity contribution >= 4 is 17.3 Å². The molecule has 1 N–H and O–H groups in total. The van der Waals surface area contributed by atoms with Crippen LogP contribution in [-0.2, 0) is 6.73 Å². The van der Waals surface area contributed by atoms with Crippen LogP contribution in [0.25, 0.3) is 0 Å². The zero-order valence-electron chi connectivity index (χ0n) is 14.9. The van der Waals surface area contributed by atoms with Crippen LogP contribution in [0.1, 0.15) is 16.9 Å². The van der Waals surface area contributed by atoms with Gasteiger partial charge in [-0.2, -0.15) is 15.2 Å². The van der Waals surface area contributed by atoms with Gasteiger partial charge in [0.25, 0.3) is 18.8 Å². The number of rotatable bonds is 7. The number of amides is 1. The summed E-state index contributed by atoms with van der Waals surface area (Å²) in [7, 11) is 0. The number of para-hydroxylation sites is 2. The van der Waals surface area contributed by atoms with Crippen molar-refractivity contribution in [3.8, 4) is 5.75 Å². The fourth-order valence-corrected chi connectivity index (χ4v) is 2.63. The van der Waals surface area contributed by atoms with E-state index in [1.165, 1.54) is 30.5 Å². The molecule has 14 heteroatoms. The Morgan fingerprint density at radius 1 is 1.30 bits per heavy atom. The zero-order chi connectivity index (χ0) is 22.1. The number of aliphatic hydroxyl groups is 1. The number of halogens is 4. The van der Waals surface area contributed by atoms with Crippen molar-refractivity contribution in [2.45, 2.75) is 31.7 Å². The highest BCUT2D eigenvalue weighted by molar-refractivity contribution is 5.97.